The summed E-state index contributed by atoms with van der Waals surface area (Å²) >= 11 is 6.13. The van der Waals surface area contributed by atoms with Crippen LogP contribution in [0.2, 0.25) is 5.02 Å². The average molecular weight is 278 g/mol. The molecule has 2 N–H and O–H groups in total. The molecule has 1 aliphatic carbocycles. The van der Waals surface area contributed by atoms with Crippen molar-refractivity contribution in [1.82, 2.24) is 9.78 Å². The summed E-state index contributed by atoms with van der Waals surface area (Å²) in [6.07, 6.45) is 2.02. The van der Waals surface area contributed by atoms with E-state index in [2.05, 4.69) is 17.2 Å². The van der Waals surface area contributed by atoms with Crippen LogP contribution in [-0.4, -0.2) is 16.9 Å². The Bertz CT molecular complexity index is 636. The zero-order valence-corrected chi connectivity index (χ0v) is 11.7. The fraction of sp³-hybridized carbons (Fsp3) is 0.357. The van der Waals surface area contributed by atoms with Crippen molar-refractivity contribution in [1.29, 1.82) is 0 Å². The van der Waals surface area contributed by atoms with Crippen molar-refractivity contribution in [2.45, 2.75) is 25.8 Å². The fourth-order valence-corrected chi connectivity index (χ4v) is 2.85. The number of aryl methyl sites for hydroxylation is 2. The van der Waals surface area contributed by atoms with Crippen LogP contribution in [0.15, 0.2) is 18.2 Å². The first-order chi connectivity index (χ1) is 9.11. The molecule has 1 unspecified atom stereocenters. The zero-order valence-electron chi connectivity index (χ0n) is 11.0. The molecule has 0 saturated heterocycles. The van der Waals surface area contributed by atoms with E-state index in [1.165, 1.54) is 11.1 Å². The largest absolute Gasteiger partial charge is 0.497 e. The molecule has 1 aromatic carbocycles. The molecule has 0 spiro atoms. The van der Waals surface area contributed by atoms with Crippen molar-refractivity contribution in [2.75, 3.05) is 12.8 Å². The van der Waals surface area contributed by atoms with Crippen LogP contribution in [0.3, 0.4) is 0 Å². The van der Waals surface area contributed by atoms with Gasteiger partial charge in [0.25, 0.3) is 0 Å². The number of fused-ring (bicyclic) bond motifs is 1. The Labute approximate surface area is 117 Å². The van der Waals surface area contributed by atoms with E-state index in [0.29, 0.717) is 10.8 Å². The van der Waals surface area contributed by atoms with Crippen LogP contribution < -0.4 is 10.5 Å². The molecule has 19 heavy (non-hydrogen) atoms. The highest BCUT2D eigenvalue weighted by atomic mass is 35.5. The third kappa shape index (κ3) is 1.87. The maximum atomic E-state index is 6.13. The Balaban J connectivity index is 2.08. The van der Waals surface area contributed by atoms with E-state index in [0.717, 1.165) is 24.3 Å². The standard InChI is InChI=1S/C14H16ClN3O/c1-8-13(15)14(16)18(17-8)12-6-4-9-3-5-10(19-2)7-11(9)12/h3,5,7,12H,4,6,16H2,1-2H3. The van der Waals surface area contributed by atoms with Crippen molar-refractivity contribution in [3.05, 3.63) is 40.0 Å². The summed E-state index contributed by atoms with van der Waals surface area (Å²) in [6.45, 7) is 1.87. The lowest BCUT2D eigenvalue weighted by atomic mass is 10.1. The monoisotopic (exact) mass is 277 g/mol. The van der Waals surface area contributed by atoms with Gasteiger partial charge in [-0.3, -0.25) is 0 Å². The van der Waals surface area contributed by atoms with Crippen LogP contribution in [0.5, 0.6) is 5.75 Å². The van der Waals surface area contributed by atoms with E-state index in [-0.39, 0.29) is 6.04 Å². The molecule has 0 amide bonds. The third-order valence-electron chi connectivity index (χ3n) is 3.74. The quantitative estimate of drug-likeness (QED) is 0.918. The van der Waals surface area contributed by atoms with E-state index < -0.39 is 0 Å². The first-order valence-corrected chi connectivity index (χ1v) is 6.66. The van der Waals surface area contributed by atoms with Gasteiger partial charge < -0.3 is 10.5 Å². The second-order valence-electron chi connectivity index (χ2n) is 4.85. The van der Waals surface area contributed by atoms with Gasteiger partial charge in [0, 0.05) is 0 Å². The van der Waals surface area contributed by atoms with Crippen molar-refractivity contribution < 1.29 is 4.74 Å². The minimum Gasteiger partial charge on any atom is -0.497 e. The summed E-state index contributed by atoms with van der Waals surface area (Å²) < 4.78 is 7.13. The molecule has 3 rings (SSSR count). The minimum atomic E-state index is 0.149. The molecule has 0 bridgehead atoms. The van der Waals surface area contributed by atoms with Crippen LogP contribution in [0.4, 0.5) is 5.82 Å². The van der Waals surface area contributed by atoms with Gasteiger partial charge >= 0.3 is 0 Å². The molecule has 1 heterocycles. The summed E-state index contributed by atoms with van der Waals surface area (Å²) in [5.74, 6) is 1.40. The highest BCUT2D eigenvalue weighted by molar-refractivity contribution is 6.33. The van der Waals surface area contributed by atoms with E-state index in [4.69, 9.17) is 22.1 Å². The number of nitrogens with zero attached hydrogens (tertiary/aromatic N) is 2. The van der Waals surface area contributed by atoms with Crippen LogP contribution in [0, 0.1) is 6.92 Å². The highest BCUT2D eigenvalue weighted by Crippen LogP contribution is 2.39. The first-order valence-electron chi connectivity index (χ1n) is 6.28. The molecule has 0 fully saturated rings. The van der Waals surface area contributed by atoms with Gasteiger partial charge in [-0.15, -0.1) is 0 Å². The van der Waals surface area contributed by atoms with Crippen molar-refractivity contribution >= 4 is 17.4 Å². The van der Waals surface area contributed by atoms with E-state index in [1.54, 1.807) is 7.11 Å². The third-order valence-corrected chi connectivity index (χ3v) is 4.21. The van der Waals surface area contributed by atoms with Crippen molar-refractivity contribution in [3.63, 3.8) is 0 Å². The lowest BCUT2D eigenvalue weighted by Gasteiger charge is -2.15. The van der Waals surface area contributed by atoms with Gasteiger partial charge in [-0.2, -0.15) is 5.10 Å². The number of hydrogen-bond donors (Lipinski definition) is 1. The number of ether oxygens (including phenoxy) is 1. The first kappa shape index (κ1) is 12.4. The Morgan fingerprint density at radius 1 is 1.47 bits per heavy atom. The lowest BCUT2D eigenvalue weighted by Crippen LogP contribution is -2.12. The lowest BCUT2D eigenvalue weighted by molar-refractivity contribution is 0.413. The van der Waals surface area contributed by atoms with Gasteiger partial charge in [-0.05, 0) is 43.0 Å². The molecule has 1 atom stereocenters. The Morgan fingerprint density at radius 3 is 2.89 bits per heavy atom. The zero-order chi connectivity index (χ0) is 13.6. The molecular weight excluding hydrogens is 262 g/mol. The summed E-state index contributed by atoms with van der Waals surface area (Å²) in [5.41, 5.74) is 9.38. The number of nitrogens with two attached hydrogens (primary N) is 1. The van der Waals surface area contributed by atoms with E-state index in [9.17, 15) is 0 Å². The highest BCUT2D eigenvalue weighted by Gasteiger charge is 2.27. The molecule has 1 aromatic heterocycles. The number of hydrogen-bond acceptors (Lipinski definition) is 3. The summed E-state index contributed by atoms with van der Waals surface area (Å²) in [6, 6.07) is 6.32. The summed E-state index contributed by atoms with van der Waals surface area (Å²) in [7, 11) is 1.68. The number of methoxy groups -OCH3 is 1. The predicted octanol–water partition coefficient (Wildman–Crippen LogP) is 2.97. The number of nitrogen functional groups attached to an aromatic ring is 1. The molecule has 0 radical (unpaired) electrons. The molecule has 100 valence electrons. The van der Waals surface area contributed by atoms with Gasteiger partial charge in [-0.1, -0.05) is 17.7 Å². The van der Waals surface area contributed by atoms with Gasteiger partial charge in [0.1, 0.15) is 16.6 Å². The SMILES string of the molecule is COc1ccc2c(c1)C(n1nc(C)c(Cl)c1N)CC2. The van der Waals surface area contributed by atoms with Crippen LogP contribution in [0.1, 0.15) is 29.3 Å². The summed E-state index contributed by atoms with van der Waals surface area (Å²) in [5, 5.41) is 5.02. The van der Waals surface area contributed by atoms with E-state index in [1.807, 2.05) is 17.7 Å². The number of anilines is 1. The maximum absolute atomic E-state index is 6.13. The van der Waals surface area contributed by atoms with Crippen molar-refractivity contribution in [2.24, 2.45) is 0 Å². The molecular formula is C14H16ClN3O. The second kappa shape index (κ2) is 4.46. The predicted molar refractivity (Wildman–Crippen MR) is 75.8 cm³/mol. The van der Waals surface area contributed by atoms with Crippen LogP contribution >= 0.6 is 11.6 Å². The number of benzene rings is 1. The van der Waals surface area contributed by atoms with Gasteiger partial charge in [-0.25, -0.2) is 4.68 Å². The van der Waals surface area contributed by atoms with Gasteiger partial charge in [0.2, 0.25) is 0 Å². The Hall–Kier alpha value is -1.68. The van der Waals surface area contributed by atoms with Crippen molar-refractivity contribution in [3.8, 4) is 5.75 Å². The van der Waals surface area contributed by atoms with Crippen LogP contribution in [-0.2, 0) is 6.42 Å². The Morgan fingerprint density at radius 2 is 2.26 bits per heavy atom. The Kier molecular flexibility index (Phi) is 2.90. The van der Waals surface area contributed by atoms with Crippen LogP contribution in [0.25, 0.3) is 0 Å². The summed E-state index contributed by atoms with van der Waals surface area (Å²) in [4.78, 5) is 0. The topological polar surface area (TPSA) is 53.1 Å². The van der Waals surface area contributed by atoms with Gasteiger partial charge in [0.05, 0.1) is 18.8 Å². The fourth-order valence-electron chi connectivity index (χ4n) is 2.72. The molecule has 0 aliphatic heterocycles. The average Bonchev–Trinajstić information content (AvgIpc) is 2.94. The van der Waals surface area contributed by atoms with E-state index >= 15 is 0 Å². The molecule has 5 heteroatoms. The minimum absolute atomic E-state index is 0.149. The normalized spacial score (nSPS) is 17.5. The number of rotatable bonds is 2. The molecule has 2 aromatic rings. The number of aromatic nitrogens is 2. The molecule has 0 saturated carbocycles. The molecule has 1 aliphatic rings. The van der Waals surface area contributed by atoms with Gasteiger partial charge in [0.15, 0.2) is 0 Å². The number of halogens is 1. The second-order valence-corrected chi connectivity index (χ2v) is 5.23. The molecule has 4 nitrogen and oxygen atoms in total. The smallest absolute Gasteiger partial charge is 0.141 e. The maximum Gasteiger partial charge on any atom is 0.141 e.